The molecule has 1 aromatic carbocycles. The molecule has 3 rings (SSSR count). The Bertz CT molecular complexity index is 434. The molecular formula is C18H29N3. The lowest BCUT2D eigenvalue weighted by Crippen LogP contribution is -2.37. The van der Waals surface area contributed by atoms with E-state index in [9.17, 15) is 0 Å². The van der Waals surface area contributed by atoms with Crippen LogP contribution in [0.3, 0.4) is 0 Å². The first kappa shape index (κ1) is 14.7. The SMILES string of the molecule is CC(CC1CCCCN1)Nc1ccccc1N1CCCC1. The molecule has 0 saturated carbocycles. The number of nitrogens with zero attached hydrogens (tertiary/aromatic N) is 1. The predicted molar refractivity (Wildman–Crippen MR) is 91.2 cm³/mol. The lowest BCUT2D eigenvalue weighted by Gasteiger charge is -2.28. The van der Waals surface area contributed by atoms with E-state index in [1.54, 1.807) is 0 Å². The molecule has 21 heavy (non-hydrogen) atoms. The number of rotatable bonds is 5. The minimum absolute atomic E-state index is 0.518. The third-order valence-electron chi connectivity index (χ3n) is 4.80. The van der Waals surface area contributed by atoms with E-state index in [1.807, 2.05) is 0 Å². The molecule has 2 atom stereocenters. The highest BCUT2D eigenvalue weighted by Crippen LogP contribution is 2.29. The van der Waals surface area contributed by atoms with Gasteiger partial charge in [-0.15, -0.1) is 0 Å². The second kappa shape index (κ2) is 7.17. The van der Waals surface area contributed by atoms with Crippen molar-refractivity contribution in [1.82, 2.24) is 5.32 Å². The Hall–Kier alpha value is -1.22. The van der Waals surface area contributed by atoms with Gasteiger partial charge in [0, 0.05) is 25.2 Å². The van der Waals surface area contributed by atoms with E-state index in [1.165, 1.54) is 69.5 Å². The molecule has 2 heterocycles. The summed E-state index contributed by atoms with van der Waals surface area (Å²) in [5, 5.41) is 7.41. The van der Waals surface area contributed by atoms with Gasteiger partial charge in [-0.05, 0) is 57.7 Å². The van der Waals surface area contributed by atoms with Crippen molar-refractivity contribution in [1.29, 1.82) is 0 Å². The van der Waals surface area contributed by atoms with Crippen molar-refractivity contribution in [2.45, 2.75) is 57.5 Å². The Morgan fingerprint density at radius 3 is 2.76 bits per heavy atom. The summed E-state index contributed by atoms with van der Waals surface area (Å²) in [7, 11) is 0. The van der Waals surface area contributed by atoms with Crippen LogP contribution >= 0.6 is 0 Å². The Kier molecular flexibility index (Phi) is 5.02. The van der Waals surface area contributed by atoms with Crippen LogP contribution in [0.1, 0.15) is 45.4 Å². The minimum Gasteiger partial charge on any atom is -0.381 e. The Morgan fingerprint density at radius 2 is 2.00 bits per heavy atom. The monoisotopic (exact) mass is 287 g/mol. The summed E-state index contributed by atoms with van der Waals surface area (Å²) in [5.41, 5.74) is 2.70. The van der Waals surface area contributed by atoms with Crippen LogP contribution in [0.15, 0.2) is 24.3 Å². The third-order valence-corrected chi connectivity index (χ3v) is 4.80. The average Bonchev–Trinajstić information content (AvgIpc) is 3.03. The van der Waals surface area contributed by atoms with Crippen molar-refractivity contribution >= 4 is 11.4 Å². The Morgan fingerprint density at radius 1 is 1.19 bits per heavy atom. The molecule has 3 heteroatoms. The normalized spacial score (nSPS) is 24.0. The van der Waals surface area contributed by atoms with Gasteiger partial charge in [-0.2, -0.15) is 0 Å². The topological polar surface area (TPSA) is 27.3 Å². The molecule has 2 unspecified atom stereocenters. The summed E-state index contributed by atoms with van der Waals surface area (Å²) in [6, 6.07) is 10.0. The van der Waals surface area contributed by atoms with Crippen molar-refractivity contribution in [2.75, 3.05) is 29.9 Å². The first-order valence-corrected chi connectivity index (χ1v) is 8.67. The number of piperidine rings is 1. The zero-order valence-corrected chi connectivity index (χ0v) is 13.3. The molecule has 2 aliphatic rings. The standard InChI is InChI=1S/C18H29N3/c1-15(14-16-8-4-5-11-19-16)20-17-9-2-3-10-18(17)21-12-6-7-13-21/h2-3,9-10,15-16,19-20H,4-8,11-14H2,1H3. The van der Waals surface area contributed by atoms with Crippen molar-refractivity contribution in [3.05, 3.63) is 24.3 Å². The van der Waals surface area contributed by atoms with Gasteiger partial charge >= 0.3 is 0 Å². The van der Waals surface area contributed by atoms with Crippen LogP contribution in [-0.4, -0.2) is 31.7 Å². The van der Waals surface area contributed by atoms with Crippen LogP contribution in [0.2, 0.25) is 0 Å². The van der Waals surface area contributed by atoms with E-state index in [0.29, 0.717) is 12.1 Å². The van der Waals surface area contributed by atoms with Gasteiger partial charge in [-0.3, -0.25) is 0 Å². The summed E-state index contributed by atoms with van der Waals surface area (Å²) in [6.07, 6.45) is 7.94. The molecule has 0 radical (unpaired) electrons. The van der Waals surface area contributed by atoms with Gasteiger partial charge in [0.2, 0.25) is 0 Å². The van der Waals surface area contributed by atoms with Crippen LogP contribution in [0.25, 0.3) is 0 Å². The zero-order valence-electron chi connectivity index (χ0n) is 13.3. The van der Waals surface area contributed by atoms with Gasteiger partial charge in [0.05, 0.1) is 11.4 Å². The van der Waals surface area contributed by atoms with Gasteiger partial charge in [0.25, 0.3) is 0 Å². The second-order valence-electron chi connectivity index (χ2n) is 6.64. The first-order chi connectivity index (χ1) is 10.3. The summed E-state index contributed by atoms with van der Waals surface area (Å²) in [6.45, 7) is 5.92. The molecule has 2 fully saturated rings. The van der Waals surface area contributed by atoms with E-state index in [4.69, 9.17) is 0 Å². The molecule has 2 saturated heterocycles. The lowest BCUT2D eigenvalue weighted by atomic mass is 9.98. The van der Waals surface area contributed by atoms with Crippen molar-refractivity contribution in [3.63, 3.8) is 0 Å². The summed E-state index contributed by atoms with van der Waals surface area (Å²) < 4.78 is 0. The molecule has 0 aromatic heterocycles. The summed E-state index contributed by atoms with van der Waals surface area (Å²) in [5.74, 6) is 0. The molecule has 116 valence electrons. The number of nitrogens with one attached hydrogen (secondary N) is 2. The lowest BCUT2D eigenvalue weighted by molar-refractivity contribution is 0.371. The summed E-state index contributed by atoms with van der Waals surface area (Å²) >= 11 is 0. The Labute approximate surface area is 129 Å². The summed E-state index contributed by atoms with van der Waals surface area (Å²) in [4.78, 5) is 2.52. The van der Waals surface area contributed by atoms with Gasteiger partial charge in [-0.1, -0.05) is 18.6 Å². The number of hydrogen-bond acceptors (Lipinski definition) is 3. The molecule has 2 N–H and O–H groups in total. The third kappa shape index (κ3) is 3.91. The predicted octanol–water partition coefficient (Wildman–Crippen LogP) is 3.62. The molecule has 0 aliphatic carbocycles. The highest BCUT2D eigenvalue weighted by molar-refractivity contribution is 5.70. The van der Waals surface area contributed by atoms with E-state index < -0.39 is 0 Å². The smallest absolute Gasteiger partial charge is 0.0602 e. The largest absolute Gasteiger partial charge is 0.381 e. The zero-order chi connectivity index (χ0) is 14.5. The van der Waals surface area contributed by atoms with Crippen LogP contribution in [-0.2, 0) is 0 Å². The van der Waals surface area contributed by atoms with Crippen molar-refractivity contribution < 1.29 is 0 Å². The number of para-hydroxylation sites is 2. The fourth-order valence-electron chi connectivity index (χ4n) is 3.71. The fourth-order valence-corrected chi connectivity index (χ4v) is 3.71. The Balaban J connectivity index is 1.60. The molecule has 0 bridgehead atoms. The molecule has 0 amide bonds. The molecule has 2 aliphatic heterocycles. The molecular weight excluding hydrogens is 258 g/mol. The quantitative estimate of drug-likeness (QED) is 0.866. The highest BCUT2D eigenvalue weighted by Gasteiger charge is 2.18. The number of benzene rings is 1. The van der Waals surface area contributed by atoms with Crippen LogP contribution in [0, 0.1) is 0 Å². The average molecular weight is 287 g/mol. The molecule has 1 aromatic rings. The van der Waals surface area contributed by atoms with Crippen LogP contribution in [0.5, 0.6) is 0 Å². The van der Waals surface area contributed by atoms with Crippen molar-refractivity contribution in [2.24, 2.45) is 0 Å². The van der Waals surface area contributed by atoms with Crippen LogP contribution in [0.4, 0.5) is 11.4 Å². The highest BCUT2D eigenvalue weighted by atomic mass is 15.2. The van der Waals surface area contributed by atoms with E-state index in [2.05, 4.69) is 46.7 Å². The molecule has 0 spiro atoms. The number of hydrogen-bond donors (Lipinski definition) is 2. The van der Waals surface area contributed by atoms with Gasteiger partial charge in [0.1, 0.15) is 0 Å². The molecule has 3 nitrogen and oxygen atoms in total. The van der Waals surface area contributed by atoms with Crippen molar-refractivity contribution in [3.8, 4) is 0 Å². The van der Waals surface area contributed by atoms with E-state index in [-0.39, 0.29) is 0 Å². The van der Waals surface area contributed by atoms with Crippen LogP contribution < -0.4 is 15.5 Å². The van der Waals surface area contributed by atoms with E-state index >= 15 is 0 Å². The van der Waals surface area contributed by atoms with Gasteiger partial charge in [-0.25, -0.2) is 0 Å². The van der Waals surface area contributed by atoms with Gasteiger partial charge in [0.15, 0.2) is 0 Å². The fraction of sp³-hybridized carbons (Fsp3) is 0.667. The second-order valence-corrected chi connectivity index (χ2v) is 6.64. The first-order valence-electron chi connectivity index (χ1n) is 8.67. The number of anilines is 2. The van der Waals surface area contributed by atoms with E-state index in [0.717, 1.165) is 0 Å². The maximum atomic E-state index is 3.75. The van der Waals surface area contributed by atoms with Gasteiger partial charge < -0.3 is 15.5 Å². The maximum Gasteiger partial charge on any atom is 0.0602 e. The minimum atomic E-state index is 0.518. The maximum absolute atomic E-state index is 3.75.